The SMILES string of the molecule is CC1(CNC(=O)Cc2noc3ccccc23)COC1. The fraction of sp³-hybridized carbons (Fsp3) is 0.429. The first-order chi connectivity index (χ1) is 9.16. The van der Waals surface area contributed by atoms with Crippen molar-refractivity contribution < 1.29 is 14.1 Å². The Bertz CT molecular complexity index is 602. The third-order valence-electron chi connectivity index (χ3n) is 3.39. The molecule has 1 aliphatic rings. The molecule has 1 fully saturated rings. The number of para-hydroxylation sites is 1. The van der Waals surface area contributed by atoms with Crippen molar-refractivity contribution in [3.05, 3.63) is 30.0 Å². The molecular formula is C14H16N2O3. The molecule has 1 N–H and O–H groups in total. The predicted octanol–water partition coefficient (Wildman–Crippen LogP) is 1.52. The summed E-state index contributed by atoms with van der Waals surface area (Å²) in [5, 5.41) is 7.78. The van der Waals surface area contributed by atoms with Gasteiger partial charge in [0.15, 0.2) is 5.58 Å². The van der Waals surface area contributed by atoms with Gasteiger partial charge < -0.3 is 14.6 Å². The number of nitrogens with zero attached hydrogens (tertiary/aromatic N) is 1. The Morgan fingerprint density at radius 2 is 2.21 bits per heavy atom. The summed E-state index contributed by atoms with van der Waals surface area (Å²) in [6.07, 6.45) is 0.244. The van der Waals surface area contributed by atoms with Crippen molar-refractivity contribution in [1.82, 2.24) is 10.5 Å². The maximum Gasteiger partial charge on any atom is 0.226 e. The van der Waals surface area contributed by atoms with Crippen LogP contribution in [0.1, 0.15) is 12.6 Å². The number of benzene rings is 1. The van der Waals surface area contributed by atoms with Crippen LogP contribution in [0.4, 0.5) is 0 Å². The number of rotatable bonds is 4. The van der Waals surface area contributed by atoms with Gasteiger partial charge in [-0.1, -0.05) is 24.2 Å². The molecule has 2 aromatic rings. The maximum absolute atomic E-state index is 11.9. The highest BCUT2D eigenvalue weighted by atomic mass is 16.5. The third-order valence-corrected chi connectivity index (χ3v) is 3.39. The Hall–Kier alpha value is -1.88. The molecule has 5 heteroatoms. The summed E-state index contributed by atoms with van der Waals surface area (Å²) in [5.41, 5.74) is 1.48. The van der Waals surface area contributed by atoms with E-state index in [1.165, 1.54) is 0 Å². The molecule has 1 aromatic carbocycles. The van der Waals surface area contributed by atoms with Crippen molar-refractivity contribution in [1.29, 1.82) is 0 Å². The van der Waals surface area contributed by atoms with E-state index in [9.17, 15) is 4.79 Å². The fourth-order valence-corrected chi connectivity index (χ4v) is 2.14. The van der Waals surface area contributed by atoms with Gasteiger partial charge in [-0.05, 0) is 12.1 Å². The van der Waals surface area contributed by atoms with E-state index in [4.69, 9.17) is 9.26 Å². The summed E-state index contributed by atoms with van der Waals surface area (Å²) in [6, 6.07) is 7.55. The number of aromatic nitrogens is 1. The summed E-state index contributed by atoms with van der Waals surface area (Å²) < 4.78 is 10.3. The second-order valence-electron chi connectivity index (χ2n) is 5.38. The lowest BCUT2D eigenvalue weighted by molar-refractivity contribution is -0.126. The Morgan fingerprint density at radius 3 is 2.95 bits per heavy atom. The second kappa shape index (κ2) is 4.66. The molecule has 0 unspecified atom stereocenters. The van der Waals surface area contributed by atoms with E-state index in [0.717, 1.165) is 5.39 Å². The molecule has 0 aliphatic carbocycles. The molecule has 0 atom stereocenters. The number of hydrogen-bond donors (Lipinski definition) is 1. The number of amides is 1. The summed E-state index contributed by atoms with van der Waals surface area (Å²) in [4.78, 5) is 11.9. The first-order valence-corrected chi connectivity index (χ1v) is 6.34. The minimum atomic E-state index is -0.0350. The lowest BCUT2D eigenvalue weighted by Gasteiger charge is -2.37. The van der Waals surface area contributed by atoms with Crippen LogP contribution in [0.15, 0.2) is 28.8 Å². The van der Waals surface area contributed by atoms with Gasteiger partial charge in [0.1, 0.15) is 5.69 Å². The van der Waals surface area contributed by atoms with E-state index in [0.29, 0.717) is 31.0 Å². The Balaban J connectivity index is 1.63. The van der Waals surface area contributed by atoms with E-state index in [1.54, 1.807) is 0 Å². The zero-order chi connectivity index (χ0) is 13.3. The molecule has 5 nitrogen and oxygen atoms in total. The molecule has 1 aromatic heterocycles. The van der Waals surface area contributed by atoms with Gasteiger partial charge in [0.25, 0.3) is 0 Å². The van der Waals surface area contributed by atoms with Crippen LogP contribution < -0.4 is 5.32 Å². The average Bonchev–Trinajstić information content (AvgIpc) is 2.78. The Kier molecular flexibility index (Phi) is 2.98. The Morgan fingerprint density at radius 1 is 1.42 bits per heavy atom. The highest BCUT2D eigenvalue weighted by molar-refractivity contribution is 5.86. The minimum Gasteiger partial charge on any atom is -0.380 e. The molecule has 1 saturated heterocycles. The number of ether oxygens (including phenoxy) is 1. The van der Waals surface area contributed by atoms with Crippen LogP contribution in [0.5, 0.6) is 0 Å². The quantitative estimate of drug-likeness (QED) is 0.905. The van der Waals surface area contributed by atoms with Crippen LogP contribution in [-0.2, 0) is 16.0 Å². The van der Waals surface area contributed by atoms with Crippen molar-refractivity contribution in [2.24, 2.45) is 5.41 Å². The molecule has 3 rings (SSSR count). The maximum atomic E-state index is 11.9. The zero-order valence-electron chi connectivity index (χ0n) is 10.8. The second-order valence-corrected chi connectivity index (χ2v) is 5.38. The predicted molar refractivity (Wildman–Crippen MR) is 69.6 cm³/mol. The van der Waals surface area contributed by atoms with Crippen molar-refractivity contribution in [2.45, 2.75) is 13.3 Å². The molecule has 0 bridgehead atoms. The molecule has 1 amide bonds. The van der Waals surface area contributed by atoms with Gasteiger partial charge in [0.05, 0.1) is 19.6 Å². The number of nitrogens with one attached hydrogen (secondary N) is 1. The van der Waals surface area contributed by atoms with Crippen molar-refractivity contribution in [2.75, 3.05) is 19.8 Å². The van der Waals surface area contributed by atoms with Gasteiger partial charge in [0, 0.05) is 17.3 Å². The molecule has 100 valence electrons. The molecule has 2 heterocycles. The molecule has 0 saturated carbocycles. The van der Waals surface area contributed by atoms with E-state index in [-0.39, 0.29) is 17.7 Å². The smallest absolute Gasteiger partial charge is 0.226 e. The van der Waals surface area contributed by atoms with Crippen LogP contribution in [0, 0.1) is 5.41 Å². The van der Waals surface area contributed by atoms with Gasteiger partial charge in [-0.3, -0.25) is 4.79 Å². The highest BCUT2D eigenvalue weighted by Crippen LogP contribution is 2.25. The lowest BCUT2D eigenvalue weighted by Crippen LogP contribution is -2.48. The lowest BCUT2D eigenvalue weighted by atomic mass is 9.89. The topological polar surface area (TPSA) is 64.4 Å². The van der Waals surface area contributed by atoms with Crippen LogP contribution in [0.25, 0.3) is 11.0 Å². The van der Waals surface area contributed by atoms with Gasteiger partial charge in [0.2, 0.25) is 5.91 Å². The molecule has 0 radical (unpaired) electrons. The van der Waals surface area contributed by atoms with Crippen LogP contribution >= 0.6 is 0 Å². The molecule has 1 aliphatic heterocycles. The van der Waals surface area contributed by atoms with Crippen molar-refractivity contribution in [3.63, 3.8) is 0 Å². The van der Waals surface area contributed by atoms with E-state index < -0.39 is 0 Å². The summed E-state index contributed by atoms with van der Waals surface area (Å²) in [6.45, 7) is 4.16. The minimum absolute atomic E-state index is 0.0350. The average molecular weight is 260 g/mol. The monoisotopic (exact) mass is 260 g/mol. The van der Waals surface area contributed by atoms with Crippen LogP contribution in [0.3, 0.4) is 0 Å². The van der Waals surface area contributed by atoms with E-state index in [1.807, 2.05) is 24.3 Å². The summed E-state index contributed by atoms with van der Waals surface area (Å²) in [7, 11) is 0. The molecule has 19 heavy (non-hydrogen) atoms. The summed E-state index contributed by atoms with van der Waals surface area (Å²) in [5.74, 6) is -0.0350. The first kappa shape index (κ1) is 12.2. The van der Waals surface area contributed by atoms with E-state index >= 15 is 0 Å². The number of hydrogen-bond acceptors (Lipinski definition) is 4. The number of carbonyl (C=O) groups excluding carboxylic acids is 1. The Labute approximate surface area is 110 Å². The third kappa shape index (κ3) is 2.46. The van der Waals surface area contributed by atoms with Crippen LogP contribution in [-0.4, -0.2) is 30.8 Å². The van der Waals surface area contributed by atoms with Gasteiger partial charge in [-0.2, -0.15) is 0 Å². The fourth-order valence-electron chi connectivity index (χ4n) is 2.14. The highest BCUT2D eigenvalue weighted by Gasteiger charge is 2.33. The van der Waals surface area contributed by atoms with Gasteiger partial charge in [-0.25, -0.2) is 0 Å². The van der Waals surface area contributed by atoms with Crippen molar-refractivity contribution in [3.8, 4) is 0 Å². The molecule has 0 spiro atoms. The zero-order valence-corrected chi connectivity index (χ0v) is 10.8. The normalized spacial score (nSPS) is 17.1. The van der Waals surface area contributed by atoms with Crippen molar-refractivity contribution >= 4 is 16.9 Å². The van der Waals surface area contributed by atoms with Gasteiger partial charge >= 0.3 is 0 Å². The first-order valence-electron chi connectivity index (χ1n) is 6.34. The number of fused-ring (bicyclic) bond motifs is 1. The van der Waals surface area contributed by atoms with Gasteiger partial charge in [-0.15, -0.1) is 0 Å². The standard InChI is InChI=1S/C14H16N2O3/c1-14(8-18-9-14)7-15-13(17)6-11-10-4-2-3-5-12(10)19-16-11/h2-5H,6-9H2,1H3,(H,15,17). The number of carbonyl (C=O) groups is 1. The van der Waals surface area contributed by atoms with E-state index in [2.05, 4.69) is 17.4 Å². The summed E-state index contributed by atoms with van der Waals surface area (Å²) >= 11 is 0. The molecular weight excluding hydrogens is 244 g/mol. The largest absolute Gasteiger partial charge is 0.380 e. The van der Waals surface area contributed by atoms with Crippen LogP contribution in [0.2, 0.25) is 0 Å².